The van der Waals surface area contributed by atoms with Crippen LogP contribution in [0.3, 0.4) is 0 Å². The molecule has 32 heavy (non-hydrogen) atoms. The number of fused-ring (bicyclic) bond motifs is 4. The van der Waals surface area contributed by atoms with Crippen molar-refractivity contribution < 1.29 is 23.0 Å². The first kappa shape index (κ1) is 19.0. The average Bonchev–Trinajstić information content (AvgIpc) is 3.23. The van der Waals surface area contributed by atoms with Gasteiger partial charge in [-0.1, -0.05) is 6.07 Å². The first-order chi connectivity index (χ1) is 15.4. The largest absolute Gasteiger partial charge is 0.493 e. The lowest BCUT2D eigenvalue weighted by Crippen LogP contribution is -2.31. The molecule has 0 saturated heterocycles. The van der Waals surface area contributed by atoms with Crippen molar-refractivity contribution in [3.8, 4) is 28.4 Å². The number of nitrogens with zero attached hydrogens (tertiary/aromatic N) is 3. The van der Waals surface area contributed by atoms with Gasteiger partial charge >= 0.3 is 0 Å². The number of hydrogen-bond acceptors (Lipinski definition) is 7. The average molecular weight is 436 g/mol. The number of hydrogen-bond donors (Lipinski definition) is 1. The van der Waals surface area contributed by atoms with Crippen LogP contribution in [0.15, 0.2) is 60.1 Å². The maximum Gasteiger partial charge on any atom is 0.283 e. The third kappa shape index (κ3) is 2.96. The fourth-order valence-corrected chi connectivity index (χ4v) is 4.20. The topological polar surface area (TPSA) is 91.9 Å². The maximum absolute atomic E-state index is 13.2. The number of benzene rings is 2. The van der Waals surface area contributed by atoms with Crippen LogP contribution in [-0.4, -0.2) is 35.1 Å². The van der Waals surface area contributed by atoms with Crippen molar-refractivity contribution in [2.75, 3.05) is 13.2 Å². The Bertz CT molecular complexity index is 1250. The Morgan fingerprint density at radius 2 is 1.75 bits per heavy atom. The Morgan fingerprint density at radius 3 is 2.44 bits per heavy atom. The second kappa shape index (κ2) is 6.62. The summed E-state index contributed by atoms with van der Waals surface area (Å²) in [6, 6.07) is 11.0. The van der Waals surface area contributed by atoms with E-state index >= 15 is 0 Å². The van der Waals surface area contributed by atoms with Crippen LogP contribution in [0.2, 0.25) is 0 Å². The van der Waals surface area contributed by atoms with Gasteiger partial charge in [0.1, 0.15) is 30.2 Å². The van der Waals surface area contributed by atoms with Crippen molar-refractivity contribution >= 4 is 6.02 Å². The summed E-state index contributed by atoms with van der Waals surface area (Å²) in [6.07, 6.45) is 4.78. The molecule has 2 aliphatic heterocycles. The van der Waals surface area contributed by atoms with Gasteiger partial charge in [0.15, 0.2) is 5.54 Å². The molecule has 162 valence electrons. The fraction of sp³-hybridized carbons (Fsp3) is 0.261. The van der Waals surface area contributed by atoms with Crippen molar-refractivity contribution in [1.82, 2.24) is 9.97 Å². The highest BCUT2D eigenvalue weighted by Gasteiger charge is 2.57. The van der Waals surface area contributed by atoms with E-state index in [9.17, 15) is 8.78 Å². The normalized spacial score (nSPS) is 24.1. The molecular weight excluding hydrogens is 418 g/mol. The number of aromatic nitrogens is 2. The van der Waals surface area contributed by atoms with Gasteiger partial charge in [-0.25, -0.2) is 23.7 Å². The number of ether oxygens (including phenoxy) is 3. The van der Waals surface area contributed by atoms with E-state index in [1.165, 1.54) is 6.33 Å². The molecule has 1 saturated carbocycles. The summed E-state index contributed by atoms with van der Waals surface area (Å²) in [5, 5.41) is 0. The zero-order valence-corrected chi connectivity index (χ0v) is 16.8. The molecule has 9 heteroatoms. The predicted octanol–water partition coefficient (Wildman–Crippen LogP) is 3.87. The lowest BCUT2D eigenvalue weighted by atomic mass is 9.80. The lowest BCUT2D eigenvalue weighted by molar-refractivity contribution is 0.0855. The Morgan fingerprint density at radius 1 is 1.03 bits per heavy atom. The molecule has 6 rings (SSSR count). The van der Waals surface area contributed by atoms with Crippen LogP contribution < -0.4 is 15.2 Å². The second-order valence-corrected chi connectivity index (χ2v) is 8.17. The molecule has 0 bridgehead atoms. The molecule has 2 atom stereocenters. The molecule has 0 amide bonds. The van der Waals surface area contributed by atoms with Gasteiger partial charge in [0, 0.05) is 35.5 Å². The van der Waals surface area contributed by atoms with E-state index in [1.807, 2.05) is 18.2 Å². The van der Waals surface area contributed by atoms with E-state index in [1.54, 1.807) is 30.6 Å². The molecule has 0 unspecified atom stereocenters. The van der Waals surface area contributed by atoms with E-state index in [0.29, 0.717) is 22.8 Å². The predicted molar refractivity (Wildman–Crippen MR) is 111 cm³/mol. The number of amidine groups is 1. The highest BCUT2D eigenvalue weighted by atomic mass is 19.3. The summed E-state index contributed by atoms with van der Waals surface area (Å²) >= 11 is 0. The molecule has 1 aliphatic carbocycles. The lowest BCUT2D eigenvalue weighted by Gasteiger charge is -2.34. The van der Waals surface area contributed by atoms with Gasteiger partial charge in [-0.05, 0) is 35.9 Å². The van der Waals surface area contributed by atoms with Crippen LogP contribution in [-0.2, 0) is 10.3 Å². The molecule has 2 aromatic carbocycles. The monoisotopic (exact) mass is 436 g/mol. The van der Waals surface area contributed by atoms with Crippen molar-refractivity contribution in [2.45, 2.75) is 17.9 Å². The molecule has 1 fully saturated rings. The summed E-state index contributed by atoms with van der Waals surface area (Å²) in [5.74, 6) is -1.70. The number of aliphatic imine (C=N–C) groups is 1. The molecular formula is C23H18F2N4O3. The van der Waals surface area contributed by atoms with Crippen LogP contribution in [0.5, 0.6) is 17.2 Å². The maximum atomic E-state index is 13.2. The third-order valence-corrected chi connectivity index (χ3v) is 6.07. The van der Waals surface area contributed by atoms with Gasteiger partial charge in [0.25, 0.3) is 11.9 Å². The van der Waals surface area contributed by atoms with Crippen molar-refractivity contribution in [1.29, 1.82) is 0 Å². The summed E-state index contributed by atoms with van der Waals surface area (Å²) in [4.78, 5) is 12.8. The van der Waals surface area contributed by atoms with Crippen molar-refractivity contribution in [2.24, 2.45) is 16.6 Å². The van der Waals surface area contributed by atoms with Gasteiger partial charge in [0.05, 0.1) is 12.5 Å². The standard InChI is InChI=1S/C23H18F2N4O3/c24-23(25)7-15(23)10-30-16-2-4-20-18(6-16)22(11-31-21(26)29-22)17-5-13(1-3-19(17)32-20)14-8-27-12-28-9-14/h1-6,8-9,12,15H,7,10-11H2,(H2,26,29)/t15-,22-/m0/s1. The van der Waals surface area contributed by atoms with E-state index in [0.717, 1.165) is 16.7 Å². The Labute approximate surface area is 181 Å². The number of halogens is 2. The first-order valence-electron chi connectivity index (χ1n) is 10.2. The molecule has 0 radical (unpaired) electrons. The Hall–Kier alpha value is -3.75. The smallest absolute Gasteiger partial charge is 0.283 e. The highest BCUT2D eigenvalue weighted by molar-refractivity contribution is 5.78. The zero-order chi connectivity index (χ0) is 21.9. The Kier molecular flexibility index (Phi) is 3.93. The SMILES string of the molecule is NC1=N[C@]2(CO1)c1cc(OC[C@@H]3CC3(F)F)ccc1Oc1ccc(-c3cncnc3)cc12. The summed E-state index contributed by atoms with van der Waals surface area (Å²) < 4.78 is 43.9. The van der Waals surface area contributed by atoms with E-state index < -0.39 is 17.4 Å². The second-order valence-electron chi connectivity index (χ2n) is 8.17. The van der Waals surface area contributed by atoms with Crippen LogP contribution in [0, 0.1) is 5.92 Å². The van der Waals surface area contributed by atoms with Crippen LogP contribution in [0.25, 0.3) is 11.1 Å². The van der Waals surface area contributed by atoms with Crippen molar-refractivity contribution in [3.63, 3.8) is 0 Å². The highest BCUT2D eigenvalue weighted by Crippen LogP contribution is 2.53. The minimum Gasteiger partial charge on any atom is -0.493 e. The van der Waals surface area contributed by atoms with Crippen LogP contribution in [0.4, 0.5) is 8.78 Å². The summed E-state index contributed by atoms with van der Waals surface area (Å²) in [5.41, 5.74) is 8.20. The zero-order valence-electron chi connectivity index (χ0n) is 16.8. The fourth-order valence-electron chi connectivity index (χ4n) is 4.20. The minimum absolute atomic E-state index is 0.0453. The molecule has 3 aromatic rings. The van der Waals surface area contributed by atoms with E-state index in [-0.39, 0.29) is 25.7 Å². The number of nitrogens with two attached hydrogens (primary N) is 1. The third-order valence-electron chi connectivity index (χ3n) is 6.07. The van der Waals surface area contributed by atoms with E-state index in [4.69, 9.17) is 19.9 Å². The van der Waals surface area contributed by atoms with Gasteiger partial charge in [-0.15, -0.1) is 0 Å². The molecule has 3 heterocycles. The van der Waals surface area contributed by atoms with Gasteiger partial charge in [0.2, 0.25) is 0 Å². The van der Waals surface area contributed by atoms with Gasteiger partial charge < -0.3 is 19.9 Å². The van der Waals surface area contributed by atoms with Crippen molar-refractivity contribution in [3.05, 3.63) is 66.2 Å². The molecule has 3 aliphatic rings. The Balaban J connectivity index is 1.42. The minimum atomic E-state index is -2.63. The quantitative estimate of drug-likeness (QED) is 0.668. The van der Waals surface area contributed by atoms with Crippen LogP contribution >= 0.6 is 0 Å². The van der Waals surface area contributed by atoms with Gasteiger partial charge in [-0.2, -0.15) is 0 Å². The summed E-state index contributed by atoms with van der Waals surface area (Å²) in [6.45, 7) is 0.136. The van der Waals surface area contributed by atoms with E-state index in [2.05, 4.69) is 15.0 Å². The molecule has 2 N–H and O–H groups in total. The molecule has 1 aromatic heterocycles. The molecule has 1 spiro atoms. The van der Waals surface area contributed by atoms with Crippen LogP contribution in [0.1, 0.15) is 17.5 Å². The number of rotatable bonds is 4. The van der Waals surface area contributed by atoms with Gasteiger partial charge in [-0.3, -0.25) is 0 Å². The first-order valence-corrected chi connectivity index (χ1v) is 10.2. The molecule has 7 nitrogen and oxygen atoms in total. The number of alkyl halides is 2. The summed E-state index contributed by atoms with van der Waals surface area (Å²) in [7, 11) is 0.